The first-order chi connectivity index (χ1) is 12.9. The van der Waals surface area contributed by atoms with Crippen LogP contribution in [0.5, 0.6) is 0 Å². The van der Waals surface area contributed by atoms with Crippen LogP contribution in [0, 0.1) is 6.92 Å². The van der Waals surface area contributed by atoms with Crippen LogP contribution in [0.4, 0.5) is 16.2 Å². The Balaban J connectivity index is 1.82. The van der Waals surface area contributed by atoms with Gasteiger partial charge in [0, 0.05) is 11.7 Å². The van der Waals surface area contributed by atoms with Crippen molar-refractivity contribution in [3.8, 4) is 0 Å². The molecule has 6 nitrogen and oxygen atoms in total. The number of para-hydroxylation sites is 1. The van der Waals surface area contributed by atoms with E-state index < -0.39 is 12.1 Å². The zero-order chi connectivity index (χ0) is 19.6. The number of imide groups is 1. The van der Waals surface area contributed by atoms with E-state index in [1.807, 2.05) is 51.1 Å². The number of aryl methyl sites for hydroxylation is 1. The van der Waals surface area contributed by atoms with Crippen LogP contribution >= 0.6 is 0 Å². The number of amides is 4. The normalized spacial score (nSPS) is 17.0. The molecule has 4 amide bonds. The van der Waals surface area contributed by atoms with Gasteiger partial charge >= 0.3 is 6.03 Å². The summed E-state index contributed by atoms with van der Waals surface area (Å²) in [6.07, 6.45) is -0.0833. The van der Waals surface area contributed by atoms with E-state index in [9.17, 15) is 14.4 Å². The Bertz CT molecular complexity index is 847. The van der Waals surface area contributed by atoms with Crippen molar-refractivity contribution in [2.45, 2.75) is 39.3 Å². The highest BCUT2D eigenvalue weighted by molar-refractivity contribution is 6.22. The minimum absolute atomic E-state index is 0.0833. The fourth-order valence-electron chi connectivity index (χ4n) is 3.22. The van der Waals surface area contributed by atoms with Gasteiger partial charge in [-0.15, -0.1) is 0 Å². The maximum atomic E-state index is 13.0. The molecule has 140 valence electrons. The maximum Gasteiger partial charge on any atom is 0.332 e. The van der Waals surface area contributed by atoms with Gasteiger partial charge in [-0.1, -0.05) is 35.9 Å². The molecule has 2 aromatic carbocycles. The number of anilines is 2. The molecule has 0 aliphatic carbocycles. The van der Waals surface area contributed by atoms with Crippen molar-refractivity contribution in [2.24, 2.45) is 0 Å². The summed E-state index contributed by atoms with van der Waals surface area (Å²) in [4.78, 5) is 41.0. The van der Waals surface area contributed by atoms with Gasteiger partial charge in [-0.2, -0.15) is 0 Å². The third-order valence-corrected chi connectivity index (χ3v) is 4.54. The summed E-state index contributed by atoms with van der Waals surface area (Å²) in [6.45, 7) is 5.62. The van der Waals surface area contributed by atoms with E-state index in [4.69, 9.17) is 0 Å². The highest BCUT2D eigenvalue weighted by atomic mass is 16.2. The van der Waals surface area contributed by atoms with Crippen LogP contribution in [0.3, 0.4) is 0 Å². The minimum Gasteiger partial charge on any atom is -0.326 e. The van der Waals surface area contributed by atoms with Gasteiger partial charge in [-0.05, 0) is 45.0 Å². The first-order valence-corrected chi connectivity index (χ1v) is 8.96. The Labute approximate surface area is 158 Å². The molecule has 1 aliphatic heterocycles. The molecule has 0 saturated carbocycles. The zero-order valence-corrected chi connectivity index (χ0v) is 15.7. The smallest absolute Gasteiger partial charge is 0.326 e. The van der Waals surface area contributed by atoms with E-state index in [1.165, 1.54) is 9.80 Å². The molecule has 0 aromatic heterocycles. The van der Waals surface area contributed by atoms with Crippen molar-refractivity contribution < 1.29 is 14.4 Å². The number of hydrogen-bond donors (Lipinski definition) is 1. The summed E-state index contributed by atoms with van der Waals surface area (Å²) in [5, 5.41) is 2.78. The Morgan fingerprint density at radius 1 is 1.04 bits per heavy atom. The second kappa shape index (κ2) is 7.61. The monoisotopic (exact) mass is 365 g/mol. The minimum atomic E-state index is -0.817. The number of benzene rings is 2. The van der Waals surface area contributed by atoms with Gasteiger partial charge in [0.25, 0.3) is 5.91 Å². The van der Waals surface area contributed by atoms with Gasteiger partial charge in [-0.3, -0.25) is 9.59 Å². The van der Waals surface area contributed by atoms with E-state index >= 15 is 0 Å². The van der Waals surface area contributed by atoms with Crippen LogP contribution in [0.1, 0.15) is 25.8 Å². The number of nitrogens with zero attached hydrogens (tertiary/aromatic N) is 2. The highest BCUT2D eigenvalue weighted by Gasteiger charge is 2.47. The highest BCUT2D eigenvalue weighted by Crippen LogP contribution is 2.29. The number of nitrogens with one attached hydrogen (secondary N) is 1. The van der Waals surface area contributed by atoms with Crippen molar-refractivity contribution in [3.05, 3.63) is 60.2 Å². The number of carbonyl (C=O) groups is 3. The molecule has 27 heavy (non-hydrogen) atoms. The quantitative estimate of drug-likeness (QED) is 0.824. The number of urea groups is 1. The first-order valence-electron chi connectivity index (χ1n) is 8.96. The maximum absolute atomic E-state index is 13.0. The van der Waals surface area contributed by atoms with Gasteiger partial charge in [-0.25, -0.2) is 9.69 Å². The number of carbonyl (C=O) groups excluding carboxylic acids is 3. The van der Waals surface area contributed by atoms with Gasteiger partial charge in [0.1, 0.15) is 6.04 Å². The van der Waals surface area contributed by atoms with Gasteiger partial charge in [0.2, 0.25) is 5.91 Å². The Morgan fingerprint density at radius 2 is 1.67 bits per heavy atom. The third-order valence-electron chi connectivity index (χ3n) is 4.54. The van der Waals surface area contributed by atoms with E-state index in [0.717, 1.165) is 5.56 Å². The van der Waals surface area contributed by atoms with E-state index in [2.05, 4.69) is 5.32 Å². The van der Waals surface area contributed by atoms with Crippen molar-refractivity contribution in [1.29, 1.82) is 0 Å². The van der Waals surface area contributed by atoms with Crippen LogP contribution in [-0.2, 0) is 9.59 Å². The molecule has 1 N–H and O–H groups in total. The molecule has 6 heteroatoms. The number of rotatable bonds is 5. The predicted molar refractivity (Wildman–Crippen MR) is 105 cm³/mol. The van der Waals surface area contributed by atoms with Crippen molar-refractivity contribution in [3.63, 3.8) is 0 Å². The fourth-order valence-corrected chi connectivity index (χ4v) is 3.22. The molecule has 0 unspecified atom stereocenters. The largest absolute Gasteiger partial charge is 0.332 e. The fraction of sp³-hybridized carbons (Fsp3) is 0.286. The lowest BCUT2D eigenvalue weighted by molar-refractivity contribution is -0.124. The molecular weight excluding hydrogens is 342 g/mol. The summed E-state index contributed by atoms with van der Waals surface area (Å²) in [5.74, 6) is -0.676. The zero-order valence-electron chi connectivity index (χ0n) is 15.7. The van der Waals surface area contributed by atoms with Gasteiger partial charge < -0.3 is 10.2 Å². The third kappa shape index (κ3) is 3.84. The lowest BCUT2D eigenvalue weighted by Gasteiger charge is -2.25. The Morgan fingerprint density at radius 3 is 2.26 bits per heavy atom. The lowest BCUT2D eigenvalue weighted by Crippen LogP contribution is -2.42. The van der Waals surface area contributed by atoms with Crippen LogP contribution in [0.2, 0.25) is 0 Å². The van der Waals surface area contributed by atoms with E-state index in [-0.39, 0.29) is 24.3 Å². The summed E-state index contributed by atoms with van der Waals surface area (Å²) in [7, 11) is 0. The average Bonchev–Trinajstić information content (AvgIpc) is 2.87. The molecule has 1 aliphatic rings. The Hall–Kier alpha value is -3.15. The van der Waals surface area contributed by atoms with Crippen LogP contribution < -0.4 is 10.2 Å². The second-order valence-electron chi connectivity index (χ2n) is 6.93. The summed E-state index contributed by atoms with van der Waals surface area (Å²) >= 11 is 0. The van der Waals surface area contributed by atoms with E-state index in [1.54, 1.807) is 24.3 Å². The molecular formula is C21H23N3O3. The summed E-state index contributed by atoms with van der Waals surface area (Å²) in [5.41, 5.74) is 2.22. The molecule has 0 bridgehead atoms. The summed E-state index contributed by atoms with van der Waals surface area (Å²) < 4.78 is 0. The van der Waals surface area contributed by atoms with Crippen molar-refractivity contribution in [1.82, 2.24) is 4.90 Å². The lowest BCUT2D eigenvalue weighted by atomic mass is 10.1. The Kier molecular flexibility index (Phi) is 5.26. The molecule has 0 radical (unpaired) electrons. The average molecular weight is 365 g/mol. The van der Waals surface area contributed by atoms with Gasteiger partial charge in [0.05, 0.1) is 12.1 Å². The van der Waals surface area contributed by atoms with Crippen LogP contribution in [-0.4, -0.2) is 34.8 Å². The first kappa shape index (κ1) is 18.6. The standard InChI is InChI=1S/C21H23N3O3/c1-14(2)23-18(13-19(25)22-16-7-5-4-6-8-16)20(26)24(21(23)27)17-11-9-15(3)10-12-17/h4-12,14,18H,13H2,1-3H3,(H,22,25)/t18-/m1/s1. The van der Waals surface area contributed by atoms with Crippen LogP contribution in [0.15, 0.2) is 54.6 Å². The van der Waals surface area contributed by atoms with Crippen molar-refractivity contribution in [2.75, 3.05) is 10.2 Å². The molecule has 1 saturated heterocycles. The SMILES string of the molecule is Cc1ccc(N2C(=O)[C@@H](CC(=O)Nc3ccccc3)N(C(C)C)C2=O)cc1. The molecule has 1 fully saturated rings. The molecule has 1 atom stereocenters. The van der Waals surface area contributed by atoms with Gasteiger partial charge in [0.15, 0.2) is 0 Å². The van der Waals surface area contributed by atoms with E-state index in [0.29, 0.717) is 11.4 Å². The topological polar surface area (TPSA) is 69.7 Å². The molecule has 2 aromatic rings. The van der Waals surface area contributed by atoms with Crippen molar-refractivity contribution >= 4 is 29.2 Å². The predicted octanol–water partition coefficient (Wildman–Crippen LogP) is 3.57. The second-order valence-corrected chi connectivity index (χ2v) is 6.93. The molecule has 3 rings (SSSR count). The van der Waals surface area contributed by atoms with Crippen LogP contribution in [0.25, 0.3) is 0 Å². The summed E-state index contributed by atoms with van der Waals surface area (Å²) in [6, 6.07) is 14.8. The molecule has 1 heterocycles. The number of hydrogen-bond acceptors (Lipinski definition) is 3. The molecule has 0 spiro atoms.